The molecule has 1 heterocycles. The second-order valence-electron chi connectivity index (χ2n) is 8.37. The summed E-state index contributed by atoms with van der Waals surface area (Å²) >= 11 is 0. The first-order valence-electron chi connectivity index (χ1n) is 10.7. The molecular formula is C25H32N2O4. The van der Waals surface area contributed by atoms with Crippen molar-refractivity contribution in [1.29, 1.82) is 0 Å². The summed E-state index contributed by atoms with van der Waals surface area (Å²) in [6.45, 7) is 8.03. The van der Waals surface area contributed by atoms with Gasteiger partial charge in [0.05, 0.1) is 25.5 Å². The normalized spacial score (nSPS) is 18.5. The summed E-state index contributed by atoms with van der Waals surface area (Å²) in [5, 5.41) is 2.94. The van der Waals surface area contributed by atoms with Crippen molar-refractivity contribution in [2.24, 2.45) is 0 Å². The van der Waals surface area contributed by atoms with Crippen molar-refractivity contribution >= 4 is 17.5 Å². The Kier molecular flexibility index (Phi) is 6.88. The molecule has 31 heavy (non-hydrogen) atoms. The Morgan fingerprint density at radius 1 is 0.935 bits per heavy atom. The number of ether oxygens (including phenoxy) is 2. The highest BCUT2D eigenvalue weighted by Gasteiger charge is 2.32. The van der Waals surface area contributed by atoms with Gasteiger partial charge in [-0.2, -0.15) is 0 Å². The highest BCUT2D eigenvalue weighted by molar-refractivity contribution is 6.10. The number of benzene rings is 2. The minimum Gasteiger partial charge on any atom is -0.493 e. The number of rotatable bonds is 5. The van der Waals surface area contributed by atoms with Gasteiger partial charge in [0.1, 0.15) is 0 Å². The Balaban J connectivity index is 2.03. The Hall–Kier alpha value is -3.02. The number of anilines is 1. The average Bonchev–Trinajstić information content (AvgIpc) is 2.72. The van der Waals surface area contributed by atoms with E-state index in [0.717, 1.165) is 30.4 Å². The van der Waals surface area contributed by atoms with Crippen LogP contribution < -0.4 is 14.8 Å². The standard InChI is InChI=1S/C25H32N2O4/c1-15-10-11-19(16(2)12-15)24(28)26-21-14-23(31-6)22(30-5)13-20(21)25(29)27-17(3)8-7-9-18(27)4/h10-14,17-18H,7-9H2,1-6H3,(H,26,28). The van der Waals surface area contributed by atoms with Crippen LogP contribution in [-0.4, -0.2) is 43.0 Å². The van der Waals surface area contributed by atoms with Gasteiger partial charge in [0, 0.05) is 23.7 Å². The molecule has 6 nitrogen and oxygen atoms in total. The summed E-state index contributed by atoms with van der Waals surface area (Å²) in [7, 11) is 3.07. The smallest absolute Gasteiger partial charge is 0.256 e. The number of piperidine rings is 1. The number of nitrogens with zero attached hydrogens (tertiary/aromatic N) is 1. The van der Waals surface area contributed by atoms with Crippen LogP contribution in [0, 0.1) is 13.8 Å². The van der Waals surface area contributed by atoms with E-state index >= 15 is 0 Å². The number of hydrogen-bond acceptors (Lipinski definition) is 4. The fourth-order valence-electron chi connectivity index (χ4n) is 4.38. The predicted molar refractivity (Wildman–Crippen MR) is 122 cm³/mol. The van der Waals surface area contributed by atoms with Crippen molar-refractivity contribution in [3.63, 3.8) is 0 Å². The lowest BCUT2D eigenvalue weighted by Gasteiger charge is -2.39. The van der Waals surface area contributed by atoms with E-state index in [1.807, 2.05) is 30.9 Å². The first-order chi connectivity index (χ1) is 14.8. The molecule has 1 fully saturated rings. The van der Waals surface area contributed by atoms with E-state index in [2.05, 4.69) is 19.2 Å². The first-order valence-corrected chi connectivity index (χ1v) is 10.7. The molecule has 3 rings (SSSR count). The Morgan fingerprint density at radius 2 is 1.55 bits per heavy atom. The molecule has 0 radical (unpaired) electrons. The van der Waals surface area contributed by atoms with Crippen LogP contribution in [0.3, 0.4) is 0 Å². The molecule has 2 unspecified atom stereocenters. The summed E-state index contributed by atoms with van der Waals surface area (Å²) in [6, 6.07) is 9.25. The van der Waals surface area contributed by atoms with Crippen molar-refractivity contribution in [3.8, 4) is 11.5 Å². The SMILES string of the molecule is COc1cc(NC(=O)c2ccc(C)cc2C)c(C(=O)N2C(C)CCCC2C)cc1OC. The van der Waals surface area contributed by atoms with Gasteiger partial charge in [0.15, 0.2) is 11.5 Å². The quantitative estimate of drug-likeness (QED) is 0.735. The van der Waals surface area contributed by atoms with Crippen LogP contribution >= 0.6 is 0 Å². The third kappa shape index (κ3) is 4.68. The van der Waals surface area contributed by atoms with Crippen LogP contribution in [-0.2, 0) is 0 Å². The van der Waals surface area contributed by atoms with Gasteiger partial charge in [0.2, 0.25) is 0 Å². The minimum absolute atomic E-state index is 0.114. The molecule has 2 aromatic rings. The first kappa shape index (κ1) is 22.7. The third-order valence-electron chi connectivity index (χ3n) is 6.06. The Morgan fingerprint density at radius 3 is 2.13 bits per heavy atom. The van der Waals surface area contributed by atoms with Crippen LogP contribution in [0.1, 0.15) is 65.0 Å². The second kappa shape index (κ2) is 9.41. The summed E-state index contributed by atoms with van der Waals surface area (Å²) in [4.78, 5) is 28.6. The van der Waals surface area contributed by atoms with Crippen molar-refractivity contribution in [2.75, 3.05) is 19.5 Å². The zero-order valence-corrected chi connectivity index (χ0v) is 19.2. The lowest BCUT2D eigenvalue weighted by atomic mass is 9.96. The highest BCUT2D eigenvalue weighted by atomic mass is 16.5. The molecule has 0 bridgehead atoms. The minimum atomic E-state index is -0.265. The van der Waals surface area contributed by atoms with E-state index in [9.17, 15) is 9.59 Å². The van der Waals surface area contributed by atoms with Gasteiger partial charge in [-0.15, -0.1) is 0 Å². The van der Waals surface area contributed by atoms with Crippen LogP contribution in [0.25, 0.3) is 0 Å². The Bertz CT molecular complexity index is 976. The van der Waals surface area contributed by atoms with Gasteiger partial charge in [-0.1, -0.05) is 17.7 Å². The average molecular weight is 425 g/mol. The van der Waals surface area contributed by atoms with Crippen molar-refractivity contribution in [2.45, 2.75) is 59.0 Å². The van der Waals surface area contributed by atoms with Gasteiger partial charge < -0.3 is 19.7 Å². The number of carbonyl (C=O) groups excluding carboxylic acids is 2. The monoisotopic (exact) mass is 424 g/mol. The lowest BCUT2D eigenvalue weighted by Crippen LogP contribution is -2.47. The predicted octanol–water partition coefficient (Wildman–Crippen LogP) is 4.98. The van der Waals surface area contributed by atoms with Crippen LogP contribution in [0.4, 0.5) is 5.69 Å². The molecule has 1 saturated heterocycles. The van der Waals surface area contributed by atoms with E-state index in [4.69, 9.17) is 9.47 Å². The maximum atomic E-state index is 13.6. The number of amides is 2. The molecular weight excluding hydrogens is 392 g/mol. The topological polar surface area (TPSA) is 67.9 Å². The fraction of sp³-hybridized carbons (Fsp3) is 0.440. The van der Waals surface area contributed by atoms with Crippen LogP contribution in [0.15, 0.2) is 30.3 Å². The van der Waals surface area contributed by atoms with Crippen molar-refractivity contribution in [1.82, 2.24) is 4.90 Å². The highest BCUT2D eigenvalue weighted by Crippen LogP contribution is 2.36. The molecule has 1 aliphatic heterocycles. The molecule has 2 atom stereocenters. The van der Waals surface area contributed by atoms with E-state index in [1.165, 1.54) is 14.2 Å². The maximum absolute atomic E-state index is 13.6. The summed E-state index contributed by atoms with van der Waals surface area (Å²) in [5.74, 6) is 0.525. The number of aryl methyl sites for hydroxylation is 2. The van der Waals surface area contributed by atoms with Crippen molar-refractivity contribution in [3.05, 3.63) is 52.6 Å². The summed E-state index contributed by atoms with van der Waals surface area (Å²) < 4.78 is 10.9. The van der Waals surface area contributed by atoms with Gasteiger partial charge in [-0.05, 0) is 64.7 Å². The fourth-order valence-corrected chi connectivity index (χ4v) is 4.38. The zero-order chi connectivity index (χ0) is 22.7. The van der Waals surface area contributed by atoms with Gasteiger partial charge in [0.25, 0.3) is 11.8 Å². The number of hydrogen-bond donors (Lipinski definition) is 1. The number of nitrogens with one attached hydrogen (secondary N) is 1. The number of carbonyl (C=O) groups is 2. The van der Waals surface area contributed by atoms with Crippen LogP contribution in [0.2, 0.25) is 0 Å². The van der Waals surface area contributed by atoms with Gasteiger partial charge in [-0.3, -0.25) is 9.59 Å². The summed E-state index contributed by atoms with van der Waals surface area (Å²) in [5.41, 5.74) is 3.35. The van der Waals surface area contributed by atoms with Gasteiger partial charge >= 0.3 is 0 Å². The molecule has 0 spiro atoms. The zero-order valence-electron chi connectivity index (χ0n) is 19.2. The third-order valence-corrected chi connectivity index (χ3v) is 6.06. The molecule has 166 valence electrons. The molecule has 0 saturated carbocycles. The second-order valence-corrected chi connectivity index (χ2v) is 8.37. The molecule has 0 aromatic heterocycles. The van der Waals surface area contributed by atoms with Gasteiger partial charge in [-0.25, -0.2) is 0 Å². The van der Waals surface area contributed by atoms with E-state index in [0.29, 0.717) is 28.3 Å². The molecule has 2 aromatic carbocycles. The lowest BCUT2D eigenvalue weighted by molar-refractivity contribution is 0.0511. The maximum Gasteiger partial charge on any atom is 0.256 e. The van der Waals surface area contributed by atoms with E-state index < -0.39 is 0 Å². The van der Waals surface area contributed by atoms with E-state index in [1.54, 1.807) is 18.2 Å². The molecule has 6 heteroatoms. The molecule has 2 amide bonds. The molecule has 1 aliphatic rings. The number of likely N-dealkylation sites (tertiary alicyclic amines) is 1. The Labute approximate surface area is 184 Å². The van der Waals surface area contributed by atoms with E-state index in [-0.39, 0.29) is 23.9 Å². The van der Waals surface area contributed by atoms with Crippen LogP contribution in [0.5, 0.6) is 11.5 Å². The largest absolute Gasteiger partial charge is 0.493 e. The number of methoxy groups -OCH3 is 2. The molecule has 1 N–H and O–H groups in total. The summed E-state index contributed by atoms with van der Waals surface area (Å²) in [6.07, 6.45) is 3.04. The van der Waals surface area contributed by atoms with Crippen molar-refractivity contribution < 1.29 is 19.1 Å². The molecule has 0 aliphatic carbocycles.